The molecule has 0 amide bonds. The van der Waals surface area contributed by atoms with E-state index in [1.165, 1.54) is 0 Å². The summed E-state index contributed by atoms with van der Waals surface area (Å²) in [7, 11) is 3.29. The number of benzene rings is 1. The van der Waals surface area contributed by atoms with Crippen LogP contribution in [0.3, 0.4) is 0 Å². The molecule has 0 saturated heterocycles. The van der Waals surface area contributed by atoms with Crippen molar-refractivity contribution in [3.8, 4) is 28.8 Å². The number of pyridine rings is 1. The average Bonchev–Trinajstić information content (AvgIpc) is 3.43. The molecule has 166 valence electrons. The van der Waals surface area contributed by atoms with Crippen LogP contribution in [0.5, 0.6) is 11.6 Å². The summed E-state index contributed by atoms with van der Waals surface area (Å²) < 4.78 is 13.0. The van der Waals surface area contributed by atoms with Gasteiger partial charge in [-0.1, -0.05) is 13.8 Å². The standard InChI is InChI=1S/C23H27N7O2/c1-13(2)16-10-18(14(3)9-20(16)31-5)26-23-27-21(28-29-23)17-7-8-19(22(25-17)32-6)30-11-15(4)24-12-30/h7-13H,1-6H3,(H2,25,26,27,28,29)/p+1. The molecule has 1 aromatic carbocycles. The Bertz CT molecular complexity index is 1240. The Hall–Kier alpha value is -3.88. The second-order valence-corrected chi connectivity index (χ2v) is 7.91. The van der Waals surface area contributed by atoms with Gasteiger partial charge in [-0.2, -0.15) is 9.55 Å². The molecule has 4 rings (SSSR count). The van der Waals surface area contributed by atoms with Crippen LogP contribution in [0.4, 0.5) is 11.6 Å². The number of H-pyrrole nitrogens is 2. The van der Waals surface area contributed by atoms with Crippen LogP contribution >= 0.6 is 0 Å². The van der Waals surface area contributed by atoms with Gasteiger partial charge in [0.15, 0.2) is 11.5 Å². The lowest BCUT2D eigenvalue weighted by atomic mass is 9.99. The molecule has 3 heterocycles. The zero-order chi connectivity index (χ0) is 22.8. The third-order valence-corrected chi connectivity index (χ3v) is 5.25. The number of methoxy groups -OCH3 is 2. The van der Waals surface area contributed by atoms with Crippen LogP contribution in [0.2, 0.25) is 0 Å². The van der Waals surface area contributed by atoms with Crippen molar-refractivity contribution in [1.82, 2.24) is 25.1 Å². The fraction of sp³-hybridized carbons (Fsp3) is 0.304. The maximum Gasteiger partial charge on any atom is 0.262 e. The van der Waals surface area contributed by atoms with Crippen molar-refractivity contribution in [3.63, 3.8) is 0 Å². The first kappa shape index (κ1) is 21.4. The molecule has 0 atom stereocenters. The molecule has 3 N–H and O–H groups in total. The molecule has 0 aliphatic heterocycles. The highest BCUT2D eigenvalue weighted by molar-refractivity contribution is 5.64. The first-order valence-corrected chi connectivity index (χ1v) is 10.4. The Labute approximate surface area is 186 Å². The minimum Gasteiger partial charge on any atom is -0.496 e. The number of hydrogen-bond acceptors (Lipinski definition) is 6. The van der Waals surface area contributed by atoms with Crippen molar-refractivity contribution >= 4 is 11.6 Å². The monoisotopic (exact) mass is 434 g/mol. The van der Waals surface area contributed by atoms with Crippen LogP contribution in [0.1, 0.15) is 36.6 Å². The third kappa shape index (κ3) is 4.14. The smallest absolute Gasteiger partial charge is 0.262 e. The second kappa shape index (κ2) is 8.70. The number of aryl methyl sites for hydroxylation is 2. The van der Waals surface area contributed by atoms with Crippen LogP contribution in [0, 0.1) is 13.8 Å². The quantitative estimate of drug-likeness (QED) is 0.380. The van der Waals surface area contributed by atoms with E-state index in [0.717, 1.165) is 33.9 Å². The first-order valence-electron chi connectivity index (χ1n) is 10.4. The number of nitrogens with zero attached hydrogens (tertiary/aromatic N) is 4. The Morgan fingerprint density at radius 2 is 1.88 bits per heavy atom. The largest absolute Gasteiger partial charge is 0.496 e. The minimum atomic E-state index is 0.325. The van der Waals surface area contributed by atoms with Gasteiger partial charge in [0.05, 0.1) is 14.2 Å². The summed E-state index contributed by atoms with van der Waals surface area (Å²) in [5, 5.41) is 10.6. The number of nitrogens with one attached hydrogen (secondary N) is 3. The normalized spacial score (nSPS) is 11.1. The van der Waals surface area contributed by atoms with E-state index in [1.54, 1.807) is 14.2 Å². The minimum absolute atomic E-state index is 0.325. The van der Waals surface area contributed by atoms with Crippen LogP contribution in [0.25, 0.3) is 17.2 Å². The van der Waals surface area contributed by atoms with Gasteiger partial charge in [0, 0.05) is 12.6 Å². The van der Waals surface area contributed by atoms with E-state index in [-0.39, 0.29) is 0 Å². The third-order valence-electron chi connectivity index (χ3n) is 5.25. The van der Waals surface area contributed by atoms with E-state index in [2.05, 4.69) is 50.4 Å². The number of anilines is 2. The fourth-order valence-corrected chi connectivity index (χ4v) is 3.52. The van der Waals surface area contributed by atoms with Crippen LogP contribution < -0.4 is 19.4 Å². The number of aromatic amines is 2. The second-order valence-electron chi connectivity index (χ2n) is 7.91. The Morgan fingerprint density at radius 1 is 1.06 bits per heavy atom. The zero-order valence-electron chi connectivity index (χ0n) is 19.1. The summed E-state index contributed by atoms with van der Waals surface area (Å²) >= 11 is 0. The van der Waals surface area contributed by atoms with Gasteiger partial charge in [-0.25, -0.2) is 9.97 Å². The molecule has 0 fully saturated rings. The molecule has 9 heteroatoms. The SMILES string of the molecule is COc1cc(C)c(Nc2n[nH]c(-c3ccc(-[n+]4c[nH]c(C)c4)c(OC)n3)n2)cc1C(C)C. The summed E-state index contributed by atoms with van der Waals surface area (Å²) in [4.78, 5) is 12.3. The number of hydrogen-bond donors (Lipinski definition) is 3. The topological polar surface area (TPSA) is 105 Å². The zero-order valence-corrected chi connectivity index (χ0v) is 19.1. The van der Waals surface area contributed by atoms with Crippen molar-refractivity contribution < 1.29 is 14.0 Å². The van der Waals surface area contributed by atoms with Crippen LogP contribution in [0.15, 0.2) is 36.8 Å². The molecule has 9 nitrogen and oxygen atoms in total. The molecule has 0 radical (unpaired) electrons. The highest BCUT2D eigenvalue weighted by Gasteiger charge is 2.17. The summed E-state index contributed by atoms with van der Waals surface area (Å²) in [5.41, 5.74) is 5.59. The number of imidazole rings is 1. The summed E-state index contributed by atoms with van der Waals surface area (Å²) in [6.45, 7) is 8.28. The van der Waals surface area contributed by atoms with E-state index in [0.29, 0.717) is 29.3 Å². The molecule has 4 aromatic rings. The van der Waals surface area contributed by atoms with Crippen molar-refractivity contribution in [3.05, 3.63) is 53.6 Å². The number of aromatic nitrogens is 6. The highest BCUT2D eigenvalue weighted by Crippen LogP contribution is 2.33. The van der Waals surface area contributed by atoms with Gasteiger partial charge in [0.25, 0.3) is 5.88 Å². The van der Waals surface area contributed by atoms with E-state index >= 15 is 0 Å². The van der Waals surface area contributed by atoms with Gasteiger partial charge in [-0.15, -0.1) is 5.10 Å². The van der Waals surface area contributed by atoms with Gasteiger partial charge >= 0.3 is 0 Å². The lowest BCUT2D eigenvalue weighted by molar-refractivity contribution is -0.595. The number of rotatable bonds is 7. The molecular formula is C23H28N7O2+. The van der Waals surface area contributed by atoms with E-state index in [1.807, 2.05) is 49.1 Å². The lowest BCUT2D eigenvalue weighted by Crippen LogP contribution is -2.28. The van der Waals surface area contributed by atoms with Crippen molar-refractivity contribution in [1.29, 1.82) is 0 Å². The summed E-state index contributed by atoms with van der Waals surface area (Å²) in [6, 6.07) is 7.93. The predicted molar refractivity (Wildman–Crippen MR) is 122 cm³/mol. The summed E-state index contributed by atoms with van der Waals surface area (Å²) in [5.74, 6) is 2.70. The lowest BCUT2D eigenvalue weighted by Gasteiger charge is -2.16. The predicted octanol–water partition coefficient (Wildman–Crippen LogP) is 3.97. The van der Waals surface area contributed by atoms with Gasteiger partial charge in [-0.05, 0) is 48.2 Å². The van der Waals surface area contributed by atoms with Gasteiger partial charge < -0.3 is 14.8 Å². The van der Waals surface area contributed by atoms with Gasteiger partial charge in [0.1, 0.15) is 23.3 Å². The van der Waals surface area contributed by atoms with E-state index in [4.69, 9.17) is 9.47 Å². The molecule has 0 saturated carbocycles. The Kier molecular flexibility index (Phi) is 5.81. The first-order chi connectivity index (χ1) is 15.4. The molecule has 0 bridgehead atoms. The maximum absolute atomic E-state index is 5.53. The summed E-state index contributed by atoms with van der Waals surface area (Å²) in [6.07, 6.45) is 3.83. The fourth-order valence-electron chi connectivity index (χ4n) is 3.52. The molecular weight excluding hydrogens is 406 g/mol. The maximum atomic E-state index is 5.53. The van der Waals surface area contributed by atoms with E-state index in [9.17, 15) is 0 Å². The average molecular weight is 435 g/mol. The Morgan fingerprint density at radius 3 is 2.53 bits per heavy atom. The highest BCUT2D eigenvalue weighted by atomic mass is 16.5. The van der Waals surface area contributed by atoms with Gasteiger partial charge in [-0.3, -0.25) is 5.10 Å². The number of ether oxygens (including phenoxy) is 2. The van der Waals surface area contributed by atoms with Crippen molar-refractivity contribution in [2.45, 2.75) is 33.6 Å². The van der Waals surface area contributed by atoms with Gasteiger partial charge in [0.2, 0.25) is 12.3 Å². The Balaban J connectivity index is 1.61. The van der Waals surface area contributed by atoms with Crippen LogP contribution in [-0.2, 0) is 0 Å². The molecule has 32 heavy (non-hydrogen) atoms. The molecule has 0 aliphatic carbocycles. The van der Waals surface area contributed by atoms with E-state index < -0.39 is 0 Å². The molecule has 0 unspecified atom stereocenters. The van der Waals surface area contributed by atoms with Crippen molar-refractivity contribution in [2.24, 2.45) is 0 Å². The molecule has 0 aliphatic rings. The van der Waals surface area contributed by atoms with Crippen LogP contribution in [-0.4, -0.2) is 39.4 Å². The van der Waals surface area contributed by atoms with Crippen molar-refractivity contribution in [2.75, 3.05) is 19.5 Å². The molecule has 0 spiro atoms. The molecule has 3 aromatic heterocycles.